The third kappa shape index (κ3) is 5.03. The summed E-state index contributed by atoms with van der Waals surface area (Å²) in [5.74, 6) is -3.76. The van der Waals surface area contributed by atoms with Crippen molar-refractivity contribution in [3.8, 4) is 0 Å². The lowest BCUT2D eigenvalue weighted by Gasteiger charge is -2.02. The number of Topliss-reactive ketones (excluding diaryl/α,β-unsaturated/α-hetero) is 1. The fraction of sp³-hybridized carbons (Fsp3) is 0.0588. The molecule has 0 saturated carbocycles. The van der Waals surface area contributed by atoms with Gasteiger partial charge in [-0.1, -0.05) is 0 Å². The van der Waals surface area contributed by atoms with Crippen LogP contribution in [-0.2, 0) is 9.53 Å². The summed E-state index contributed by atoms with van der Waals surface area (Å²) in [6.07, 6.45) is 2.40. The van der Waals surface area contributed by atoms with Gasteiger partial charge in [-0.15, -0.1) is 0 Å². The molecule has 128 valence electrons. The fourth-order valence-corrected chi connectivity index (χ4v) is 1.81. The molecule has 0 unspecified atom stereocenters. The summed E-state index contributed by atoms with van der Waals surface area (Å²) in [6, 6.07) is 8.04. The predicted octanol–water partition coefficient (Wildman–Crippen LogP) is 3.31. The molecule has 8 heteroatoms. The van der Waals surface area contributed by atoms with Gasteiger partial charge in [-0.25, -0.2) is 13.6 Å². The lowest BCUT2D eigenvalue weighted by Crippen LogP contribution is -2.13. The highest BCUT2D eigenvalue weighted by atomic mass is 19.2. The molecule has 2 aromatic carbocycles. The quantitative estimate of drug-likeness (QED) is 0.263. The summed E-state index contributed by atoms with van der Waals surface area (Å²) in [7, 11) is 0. The van der Waals surface area contributed by atoms with Gasteiger partial charge < -0.3 is 4.74 Å². The molecule has 0 aromatic heterocycles. The maximum Gasteiger partial charge on any atom is 0.331 e. The zero-order valence-electron chi connectivity index (χ0n) is 12.6. The number of esters is 1. The molecule has 0 radical (unpaired) electrons. The van der Waals surface area contributed by atoms with Crippen LogP contribution in [0.1, 0.15) is 15.9 Å². The molecular weight excluding hydrogens is 336 g/mol. The number of nitrogens with zero attached hydrogens (tertiary/aromatic N) is 1. The highest BCUT2D eigenvalue weighted by Crippen LogP contribution is 2.13. The van der Waals surface area contributed by atoms with Crippen molar-refractivity contribution in [3.05, 3.63) is 81.4 Å². The van der Waals surface area contributed by atoms with Gasteiger partial charge in [-0.05, 0) is 42.0 Å². The number of benzene rings is 2. The Morgan fingerprint density at radius 1 is 1.08 bits per heavy atom. The van der Waals surface area contributed by atoms with Crippen LogP contribution in [0.15, 0.2) is 48.5 Å². The molecule has 0 saturated heterocycles. The number of halogens is 2. The molecule has 25 heavy (non-hydrogen) atoms. The van der Waals surface area contributed by atoms with Crippen LogP contribution in [0.4, 0.5) is 14.5 Å². The first-order valence-corrected chi connectivity index (χ1v) is 6.94. The second-order valence-electron chi connectivity index (χ2n) is 4.84. The number of nitro benzene ring substituents is 1. The van der Waals surface area contributed by atoms with Gasteiger partial charge in [0.25, 0.3) is 5.69 Å². The Kier molecular flexibility index (Phi) is 5.67. The number of carbonyl (C=O) groups is 2. The van der Waals surface area contributed by atoms with E-state index < -0.39 is 34.9 Å². The maximum atomic E-state index is 13.0. The van der Waals surface area contributed by atoms with Crippen molar-refractivity contribution in [2.24, 2.45) is 0 Å². The topological polar surface area (TPSA) is 86.5 Å². The number of hydrogen-bond acceptors (Lipinski definition) is 5. The van der Waals surface area contributed by atoms with E-state index in [0.29, 0.717) is 5.56 Å². The monoisotopic (exact) mass is 347 g/mol. The second kappa shape index (κ2) is 7.91. The van der Waals surface area contributed by atoms with Crippen molar-refractivity contribution in [3.63, 3.8) is 0 Å². The first kappa shape index (κ1) is 17.9. The van der Waals surface area contributed by atoms with Crippen LogP contribution >= 0.6 is 0 Å². The molecular formula is C17H11F2NO5. The molecule has 2 aromatic rings. The molecule has 0 atom stereocenters. The molecule has 0 bridgehead atoms. The standard InChI is InChI=1S/C17H11F2NO5/c18-14-7-4-12(9-15(14)19)16(21)10-25-17(22)8-3-11-1-5-13(6-2-11)20(23)24/h1-9H,10H2/b8-3+. The zero-order valence-corrected chi connectivity index (χ0v) is 12.6. The summed E-state index contributed by atoms with van der Waals surface area (Å²) in [5, 5.41) is 10.5. The van der Waals surface area contributed by atoms with Crippen molar-refractivity contribution < 1.29 is 28.0 Å². The summed E-state index contributed by atoms with van der Waals surface area (Å²) in [5.41, 5.74) is 0.317. The minimum Gasteiger partial charge on any atom is -0.454 e. The van der Waals surface area contributed by atoms with E-state index >= 15 is 0 Å². The molecule has 0 amide bonds. The average molecular weight is 347 g/mol. The Hall–Kier alpha value is -3.42. The Morgan fingerprint density at radius 3 is 2.36 bits per heavy atom. The summed E-state index contributed by atoms with van der Waals surface area (Å²) >= 11 is 0. The lowest BCUT2D eigenvalue weighted by molar-refractivity contribution is -0.384. The first-order valence-electron chi connectivity index (χ1n) is 6.94. The summed E-state index contributed by atoms with van der Waals surface area (Å²) in [4.78, 5) is 33.3. The summed E-state index contributed by atoms with van der Waals surface area (Å²) < 4.78 is 30.5. The van der Waals surface area contributed by atoms with Crippen LogP contribution in [0.25, 0.3) is 6.08 Å². The van der Waals surface area contributed by atoms with Gasteiger partial charge in [-0.3, -0.25) is 14.9 Å². The molecule has 2 rings (SSSR count). The Bertz CT molecular complexity index is 847. The average Bonchev–Trinajstić information content (AvgIpc) is 2.60. The smallest absolute Gasteiger partial charge is 0.331 e. The second-order valence-corrected chi connectivity index (χ2v) is 4.84. The minimum absolute atomic E-state index is 0.0862. The number of non-ortho nitro benzene ring substituents is 1. The molecule has 0 heterocycles. The number of hydrogen-bond donors (Lipinski definition) is 0. The van der Waals surface area contributed by atoms with Gasteiger partial charge >= 0.3 is 5.97 Å². The van der Waals surface area contributed by atoms with Gasteiger partial charge in [0, 0.05) is 23.8 Å². The lowest BCUT2D eigenvalue weighted by atomic mass is 10.1. The number of ether oxygens (including phenoxy) is 1. The van der Waals surface area contributed by atoms with Crippen molar-refractivity contribution >= 4 is 23.5 Å². The molecule has 0 spiro atoms. The normalized spacial score (nSPS) is 10.6. The fourth-order valence-electron chi connectivity index (χ4n) is 1.81. The Balaban J connectivity index is 1.90. The van der Waals surface area contributed by atoms with Crippen LogP contribution in [0.5, 0.6) is 0 Å². The number of carbonyl (C=O) groups excluding carboxylic acids is 2. The Labute approximate surface area is 140 Å². The van der Waals surface area contributed by atoms with Crippen LogP contribution in [0, 0.1) is 21.7 Å². The predicted molar refractivity (Wildman–Crippen MR) is 83.8 cm³/mol. The van der Waals surface area contributed by atoms with Crippen LogP contribution in [0.3, 0.4) is 0 Å². The van der Waals surface area contributed by atoms with E-state index in [0.717, 1.165) is 24.3 Å². The van der Waals surface area contributed by atoms with Gasteiger partial charge in [0.1, 0.15) is 0 Å². The SMILES string of the molecule is O=C(/C=C/c1ccc([N+](=O)[O-])cc1)OCC(=O)c1ccc(F)c(F)c1. The van der Waals surface area contributed by atoms with Gasteiger partial charge in [0.2, 0.25) is 0 Å². The van der Waals surface area contributed by atoms with Crippen molar-refractivity contribution in [2.45, 2.75) is 0 Å². The maximum absolute atomic E-state index is 13.0. The highest BCUT2D eigenvalue weighted by Gasteiger charge is 2.11. The highest BCUT2D eigenvalue weighted by molar-refractivity contribution is 5.98. The van der Waals surface area contributed by atoms with Crippen molar-refractivity contribution in [1.29, 1.82) is 0 Å². The van der Waals surface area contributed by atoms with E-state index in [-0.39, 0.29) is 11.3 Å². The van der Waals surface area contributed by atoms with E-state index in [1.165, 1.54) is 30.3 Å². The van der Waals surface area contributed by atoms with Crippen molar-refractivity contribution in [2.75, 3.05) is 6.61 Å². The van der Waals surface area contributed by atoms with Crippen molar-refractivity contribution in [1.82, 2.24) is 0 Å². The van der Waals surface area contributed by atoms with Crippen LogP contribution in [0.2, 0.25) is 0 Å². The Morgan fingerprint density at radius 2 is 1.76 bits per heavy atom. The third-order valence-electron chi connectivity index (χ3n) is 3.10. The van der Waals surface area contributed by atoms with E-state index in [1.807, 2.05) is 0 Å². The van der Waals surface area contributed by atoms with Gasteiger partial charge in [0.15, 0.2) is 24.0 Å². The minimum atomic E-state index is -1.17. The molecule has 0 N–H and O–H groups in total. The molecule has 0 aliphatic carbocycles. The van der Waals surface area contributed by atoms with Crippen LogP contribution < -0.4 is 0 Å². The molecule has 0 fully saturated rings. The van der Waals surface area contributed by atoms with Gasteiger partial charge in [-0.2, -0.15) is 0 Å². The van der Waals surface area contributed by atoms with E-state index in [9.17, 15) is 28.5 Å². The van der Waals surface area contributed by atoms with E-state index in [2.05, 4.69) is 0 Å². The molecule has 6 nitrogen and oxygen atoms in total. The molecule has 0 aliphatic heterocycles. The first-order chi connectivity index (χ1) is 11.9. The molecule has 0 aliphatic rings. The van der Waals surface area contributed by atoms with Crippen LogP contribution in [-0.4, -0.2) is 23.3 Å². The largest absolute Gasteiger partial charge is 0.454 e. The number of nitro groups is 1. The zero-order chi connectivity index (χ0) is 18.4. The van der Waals surface area contributed by atoms with Gasteiger partial charge in [0.05, 0.1) is 4.92 Å². The number of ketones is 1. The van der Waals surface area contributed by atoms with E-state index in [4.69, 9.17) is 4.74 Å². The van der Waals surface area contributed by atoms with E-state index in [1.54, 1.807) is 0 Å². The number of rotatable bonds is 6. The summed E-state index contributed by atoms with van der Waals surface area (Å²) in [6.45, 7) is -0.630. The third-order valence-corrected chi connectivity index (χ3v) is 3.10.